The van der Waals surface area contributed by atoms with Crippen LogP contribution in [0.4, 0.5) is 5.82 Å². The summed E-state index contributed by atoms with van der Waals surface area (Å²) in [5.74, 6) is 0.617. The number of nitrogens with zero attached hydrogens (tertiary/aromatic N) is 5. The number of ether oxygens (including phenoxy) is 2. The molecule has 0 N–H and O–H groups in total. The van der Waals surface area contributed by atoms with E-state index in [0.717, 1.165) is 5.39 Å². The summed E-state index contributed by atoms with van der Waals surface area (Å²) in [6.45, 7) is 2.52. The average Bonchev–Trinajstić information content (AvgIpc) is 2.82. The molecule has 1 unspecified atom stereocenters. The van der Waals surface area contributed by atoms with Crippen molar-refractivity contribution < 1.29 is 14.3 Å². The number of carbonyl (C=O) groups is 1. The van der Waals surface area contributed by atoms with Crippen LogP contribution in [-0.2, 0) is 4.74 Å². The van der Waals surface area contributed by atoms with Gasteiger partial charge in [-0.1, -0.05) is 0 Å². The van der Waals surface area contributed by atoms with Gasteiger partial charge < -0.3 is 14.4 Å². The summed E-state index contributed by atoms with van der Waals surface area (Å²) in [5, 5.41) is 5.15. The third kappa shape index (κ3) is 2.32. The monoisotopic (exact) mass is 421 g/mol. The van der Waals surface area contributed by atoms with E-state index < -0.39 is 5.97 Å². The number of aromatic nitrogens is 4. The van der Waals surface area contributed by atoms with E-state index in [9.17, 15) is 4.79 Å². The van der Waals surface area contributed by atoms with Crippen LogP contribution < -0.4 is 9.64 Å². The van der Waals surface area contributed by atoms with Crippen molar-refractivity contribution in [1.29, 1.82) is 0 Å². The number of methoxy groups -OCH3 is 1. The third-order valence-electron chi connectivity index (χ3n) is 3.38. The second kappa shape index (κ2) is 5.53. The average molecular weight is 421 g/mol. The van der Waals surface area contributed by atoms with E-state index in [1.807, 2.05) is 18.9 Å². The number of anilines is 1. The molecule has 2 aromatic heterocycles. The molecule has 0 aliphatic carbocycles. The Labute approximate surface area is 135 Å². The second-order valence-electron chi connectivity index (χ2n) is 4.63. The van der Waals surface area contributed by atoms with Crippen molar-refractivity contribution in [3.05, 3.63) is 5.82 Å². The van der Waals surface area contributed by atoms with Gasteiger partial charge in [-0.15, -0.1) is 5.10 Å². The van der Waals surface area contributed by atoms with Crippen LogP contribution in [0.1, 0.15) is 17.5 Å². The molecular formula is C11H13IN5O3P. The minimum atomic E-state index is -0.564. The van der Waals surface area contributed by atoms with Gasteiger partial charge >= 0.3 is 5.97 Å². The molecule has 0 amide bonds. The van der Waals surface area contributed by atoms with E-state index in [1.54, 1.807) is 4.45 Å². The molecule has 3 heterocycles. The van der Waals surface area contributed by atoms with Gasteiger partial charge in [0.1, 0.15) is 17.8 Å². The van der Waals surface area contributed by atoms with Crippen LogP contribution in [0.2, 0.25) is 0 Å². The van der Waals surface area contributed by atoms with E-state index in [-0.39, 0.29) is 11.9 Å². The van der Waals surface area contributed by atoms with Crippen LogP contribution in [0.15, 0.2) is 0 Å². The molecule has 8 nitrogen and oxygen atoms in total. The summed E-state index contributed by atoms with van der Waals surface area (Å²) in [4.78, 5) is 22.4. The minimum absolute atomic E-state index is 0.0308. The fourth-order valence-electron chi connectivity index (χ4n) is 2.09. The molecule has 0 bridgehead atoms. The SMILES string of the molecule is COC(=O)c1nc2c3c(nn(PI)c3n1)OC[C@@H](C)N2C. The lowest BCUT2D eigenvalue weighted by Crippen LogP contribution is -2.33. The molecule has 0 aromatic carbocycles. The normalized spacial score (nSPS) is 18.1. The van der Waals surface area contributed by atoms with Crippen molar-refractivity contribution in [3.63, 3.8) is 0 Å². The van der Waals surface area contributed by atoms with Gasteiger partial charge in [-0.25, -0.2) is 19.2 Å². The molecule has 1 aliphatic rings. The summed E-state index contributed by atoms with van der Waals surface area (Å²) in [7, 11) is 3.22. The lowest BCUT2D eigenvalue weighted by Gasteiger charge is -2.23. The molecule has 112 valence electrons. The van der Waals surface area contributed by atoms with Gasteiger partial charge in [0, 0.05) is 7.05 Å². The Kier molecular flexibility index (Phi) is 3.87. The molecular weight excluding hydrogens is 408 g/mol. The molecule has 21 heavy (non-hydrogen) atoms. The van der Waals surface area contributed by atoms with Gasteiger partial charge in [0.15, 0.2) is 5.65 Å². The summed E-state index contributed by atoms with van der Waals surface area (Å²) < 4.78 is 12.2. The molecule has 0 saturated heterocycles. The van der Waals surface area contributed by atoms with Crippen molar-refractivity contribution in [3.8, 4) is 5.88 Å². The zero-order valence-corrected chi connectivity index (χ0v) is 14.8. The molecule has 1 aliphatic heterocycles. The predicted molar refractivity (Wildman–Crippen MR) is 87.8 cm³/mol. The third-order valence-corrected chi connectivity index (χ3v) is 5.22. The van der Waals surface area contributed by atoms with Crippen LogP contribution in [-0.4, -0.2) is 52.3 Å². The summed E-state index contributed by atoms with van der Waals surface area (Å²) >= 11 is 2.20. The van der Waals surface area contributed by atoms with Gasteiger partial charge in [-0.2, -0.15) is 0 Å². The van der Waals surface area contributed by atoms with Gasteiger partial charge in [0.25, 0.3) is 0 Å². The molecule has 0 radical (unpaired) electrons. The van der Waals surface area contributed by atoms with Crippen LogP contribution in [0.25, 0.3) is 11.0 Å². The number of hydrogen-bond donors (Lipinski definition) is 0. The largest absolute Gasteiger partial charge is 0.474 e. The maximum Gasteiger partial charge on any atom is 0.376 e. The zero-order valence-electron chi connectivity index (χ0n) is 11.6. The molecule has 2 aromatic rings. The van der Waals surface area contributed by atoms with Crippen LogP contribution in [0.5, 0.6) is 5.88 Å². The first kappa shape index (κ1) is 14.7. The van der Waals surface area contributed by atoms with Crippen LogP contribution >= 0.6 is 28.4 Å². The highest BCUT2D eigenvalue weighted by atomic mass is 127. The first-order valence-corrected chi connectivity index (χ1v) is 10.2. The Bertz CT molecular complexity index is 721. The van der Waals surface area contributed by atoms with Crippen LogP contribution in [0, 0.1) is 0 Å². The fourth-order valence-corrected chi connectivity index (χ4v) is 3.47. The standard InChI is InChI=1S/C11H13IN5O3P/c1-5-4-20-10-6-8(16(5)2)13-7(11(18)19-3)14-9(6)17(15-10)21-12/h5,21H,4H2,1-3H3/t5-/m1/s1. The second-order valence-corrected chi connectivity index (χ2v) is 6.67. The van der Waals surface area contributed by atoms with Crippen molar-refractivity contribution in [2.75, 3.05) is 25.7 Å². The summed E-state index contributed by atoms with van der Waals surface area (Å²) in [5.41, 5.74) is 0.587. The molecule has 3 rings (SSSR count). The van der Waals surface area contributed by atoms with Gasteiger partial charge in [-0.05, 0) is 29.0 Å². The number of hydrogen-bond acceptors (Lipinski definition) is 7. The van der Waals surface area contributed by atoms with Crippen molar-refractivity contribution in [1.82, 2.24) is 19.5 Å². The Balaban J connectivity index is 2.33. The predicted octanol–water partition coefficient (Wildman–Crippen LogP) is 1.62. The topological polar surface area (TPSA) is 82.4 Å². The summed E-state index contributed by atoms with van der Waals surface area (Å²) in [6, 6.07) is 0.110. The van der Waals surface area contributed by atoms with Crippen molar-refractivity contribution in [2.45, 2.75) is 13.0 Å². The highest BCUT2D eigenvalue weighted by molar-refractivity contribution is 14.2. The van der Waals surface area contributed by atoms with E-state index in [2.05, 4.69) is 37.1 Å². The Morgan fingerprint density at radius 1 is 1.52 bits per heavy atom. The van der Waals surface area contributed by atoms with Gasteiger partial charge in [0.05, 0.1) is 19.5 Å². The number of esters is 1. The maximum atomic E-state index is 11.8. The van der Waals surface area contributed by atoms with Crippen molar-refractivity contribution in [2.24, 2.45) is 0 Å². The number of halogens is 1. The molecule has 0 saturated carbocycles. The Hall–Kier alpha value is -1.22. The molecule has 2 atom stereocenters. The zero-order chi connectivity index (χ0) is 15.1. The molecule has 0 spiro atoms. The van der Waals surface area contributed by atoms with Crippen molar-refractivity contribution >= 4 is 51.2 Å². The van der Waals surface area contributed by atoms with Gasteiger partial charge in [0.2, 0.25) is 11.7 Å². The Morgan fingerprint density at radius 2 is 2.29 bits per heavy atom. The van der Waals surface area contributed by atoms with E-state index in [1.165, 1.54) is 7.11 Å². The summed E-state index contributed by atoms with van der Waals surface area (Å²) in [6.07, 6.45) is 0.341. The van der Waals surface area contributed by atoms with Crippen LogP contribution in [0.3, 0.4) is 0 Å². The fraction of sp³-hybridized carbons (Fsp3) is 0.455. The van der Waals surface area contributed by atoms with E-state index in [0.29, 0.717) is 30.3 Å². The van der Waals surface area contributed by atoms with E-state index in [4.69, 9.17) is 9.47 Å². The highest BCUT2D eigenvalue weighted by Crippen LogP contribution is 2.39. The quantitative estimate of drug-likeness (QED) is 0.414. The maximum absolute atomic E-state index is 11.8. The van der Waals surface area contributed by atoms with E-state index >= 15 is 0 Å². The molecule has 10 heteroatoms. The number of likely N-dealkylation sites (N-methyl/N-ethyl adjacent to an activating group) is 1. The first-order chi connectivity index (χ1) is 10.1. The molecule has 0 fully saturated rings. The lowest BCUT2D eigenvalue weighted by molar-refractivity contribution is 0.0587. The first-order valence-electron chi connectivity index (χ1n) is 6.18. The Morgan fingerprint density at radius 3 is 2.95 bits per heavy atom. The smallest absolute Gasteiger partial charge is 0.376 e. The number of rotatable bonds is 2. The lowest BCUT2D eigenvalue weighted by atomic mass is 10.3. The van der Waals surface area contributed by atoms with Gasteiger partial charge in [-0.3, -0.25) is 0 Å². The highest BCUT2D eigenvalue weighted by Gasteiger charge is 2.29. The number of carbonyl (C=O) groups excluding carboxylic acids is 1. The minimum Gasteiger partial charge on any atom is -0.474 e.